The number of nitrogen functional groups attached to an aromatic ring is 1. The van der Waals surface area contributed by atoms with Crippen LogP contribution >= 0.6 is 0 Å². The molecule has 1 heterocycles. The molecule has 156 valence electrons. The molecule has 8 heteroatoms. The van der Waals surface area contributed by atoms with Crippen LogP contribution in [0, 0.1) is 12.7 Å². The Morgan fingerprint density at radius 3 is 2.47 bits per heavy atom. The van der Waals surface area contributed by atoms with Gasteiger partial charge < -0.3 is 11.1 Å². The van der Waals surface area contributed by atoms with Crippen LogP contribution in [-0.2, 0) is 13.1 Å². The van der Waals surface area contributed by atoms with Crippen LogP contribution in [0.25, 0.3) is 0 Å². The molecule has 3 rings (SSSR count). The molecular formula is C22H23FN4O3. The van der Waals surface area contributed by atoms with E-state index in [2.05, 4.69) is 5.32 Å². The van der Waals surface area contributed by atoms with E-state index in [0.717, 1.165) is 15.7 Å². The highest BCUT2D eigenvalue weighted by atomic mass is 19.1. The van der Waals surface area contributed by atoms with Crippen LogP contribution in [0.5, 0.6) is 0 Å². The SMILES string of the molecule is CCn1c(=O)c(C(=O)CNc2cc(F)ccc2C)c(N)n(Cc2ccccc2)c1=O. The lowest BCUT2D eigenvalue weighted by molar-refractivity contribution is 0.100. The van der Waals surface area contributed by atoms with Crippen molar-refractivity contribution in [3.63, 3.8) is 0 Å². The second-order valence-electron chi connectivity index (χ2n) is 6.90. The molecule has 0 atom stereocenters. The summed E-state index contributed by atoms with van der Waals surface area (Å²) in [5.41, 5.74) is 6.55. The van der Waals surface area contributed by atoms with E-state index in [9.17, 15) is 18.8 Å². The number of ketones is 1. The third kappa shape index (κ3) is 4.17. The third-order valence-corrected chi connectivity index (χ3v) is 4.89. The number of hydrogen-bond acceptors (Lipinski definition) is 5. The first-order valence-corrected chi connectivity index (χ1v) is 9.53. The molecule has 2 aromatic carbocycles. The van der Waals surface area contributed by atoms with Crippen molar-refractivity contribution in [1.82, 2.24) is 9.13 Å². The lowest BCUT2D eigenvalue weighted by Gasteiger charge is -2.16. The molecule has 3 aromatic rings. The van der Waals surface area contributed by atoms with Crippen LogP contribution in [0.4, 0.5) is 15.9 Å². The molecule has 0 spiro atoms. The van der Waals surface area contributed by atoms with Gasteiger partial charge in [0, 0.05) is 12.2 Å². The second-order valence-corrected chi connectivity index (χ2v) is 6.90. The summed E-state index contributed by atoms with van der Waals surface area (Å²) in [5, 5.41) is 2.85. The standard InChI is InChI=1S/C22H23FN4O3/c1-3-26-21(29)19(18(28)12-25-17-11-16(23)10-9-14(17)2)20(24)27(22(26)30)13-15-7-5-4-6-8-15/h4-11,25H,3,12-13,24H2,1-2H3. The average Bonchev–Trinajstić information content (AvgIpc) is 2.73. The number of nitrogens with zero attached hydrogens (tertiary/aromatic N) is 2. The van der Waals surface area contributed by atoms with Gasteiger partial charge in [0.25, 0.3) is 5.56 Å². The van der Waals surface area contributed by atoms with Gasteiger partial charge in [0.1, 0.15) is 17.2 Å². The first-order valence-electron chi connectivity index (χ1n) is 9.53. The van der Waals surface area contributed by atoms with E-state index in [4.69, 9.17) is 5.73 Å². The van der Waals surface area contributed by atoms with Crippen molar-refractivity contribution in [3.8, 4) is 0 Å². The topological polar surface area (TPSA) is 99.1 Å². The van der Waals surface area contributed by atoms with Gasteiger partial charge in [0.05, 0.1) is 13.1 Å². The predicted molar refractivity (Wildman–Crippen MR) is 115 cm³/mol. The molecule has 0 saturated heterocycles. The van der Waals surface area contributed by atoms with E-state index in [1.165, 1.54) is 16.7 Å². The minimum absolute atomic E-state index is 0.101. The number of anilines is 2. The number of Topliss-reactive ketones (excluding diaryl/α,β-unsaturated/α-hetero) is 1. The van der Waals surface area contributed by atoms with Crippen molar-refractivity contribution in [1.29, 1.82) is 0 Å². The van der Waals surface area contributed by atoms with Crippen molar-refractivity contribution in [2.24, 2.45) is 0 Å². The van der Waals surface area contributed by atoms with Gasteiger partial charge in [0.2, 0.25) is 0 Å². The summed E-state index contributed by atoms with van der Waals surface area (Å²) < 4.78 is 15.7. The van der Waals surface area contributed by atoms with Crippen molar-refractivity contribution >= 4 is 17.3 Å². The fourth-order valence-electron chi connectivity index (χ4n) is 3.22. The summed E-state index contributed by atoms with van der Waals surface area (Å²) in [6, 6.07) is 13.3. The van der Waals surface area contributed by atoms with E-state index in [1.807, 2.05) is 30.3 Å². The molecule has 30 heavy (non-hydrogen) atoms. The Morgan fingerprint density at radius 2 is 1.80 bits per heavy atom. The molecule has 0 aliphatic heterocycles. The Labute approximate surface area is 172 Å². The lowest BCUT2D eigenvalue weighted by Crippen LogP contribution is -2.44. The first-order chi connectivity index (χ1) is 14.3. The molecule has 3 N–H and O–H groups in total. The quantitative estimate of drug-likeness (QED) is 0.583. The number of rotatable bonds is 7. The number of carbonyl (C=O) groups excluding carboxylic acids is 1. The molecule has 0 aliphatic rings. The maximum absolute atomic E-state index is 13.5. The smallest absolute Gasteiger partial charge is 0.332 e. The number of aryl methyl sites for hydroxylation is 1. The number of nitrogens with one attached hydrogen (secondary N) is 1. The van der Waals surface area contributed by atoms with E-state index in [1.54, 1.807) is 19.9 Å². The number of hydrogen-bond donors (Lipinski definition) is 2. The Bertz CT molecular complexity index is 1200. The normalized spacial score (nSPS) is 10.8. The van der Waals surface area contributed by atoms with Crippen molar-refractivity contribution < 1.29 is 9.18 Å². The van der Waals surface area contributed by atoms with Crippen LogP contribution < -0.4 is 22.3 Å². The molecule has 0 unspecified atom stereocenters. The fraction of sp³-hybridized carbons (Fsp3) is 0.227. The highest BCUT2D eigenvalue weighted by molar-refractivity contribution is 6.02. The highest BCUT2D eigenvalue weighted by Gasteiger charge is 2.22. The summed E-state index contributed by atoms with van der Waals surface area (Å²) >= 11 is 0. The summed E-state index contributed by atoms with van der Waals surface area (Å²) in [7, 11) is 0. The van der Waals surface area contributed by atoms with Crippen LogP contribution in [0.15, 0.2) is 58.1 Å². The minimum atomic E-state index is -0.730. The highest BCUT2D eigenvalue weighted by Crippen LogP contribution is 2.16. The molecule has 0 aliphatic carbocycles. The van der Waals surface area contributed by atoms with Gasteiger partial charge >= 0.3 is 5.69 Å². The van der Waals surface area contributed by atoms with Crippen molar-refractivity contribution in [2.75, 3.05) is 17.6 Å². The Hall–Kier alpha value is -3.68. The van der Waals surface area contributed by atoms with Gasteiger partial charge in [-0.2, -0.15) is 0 Å². The van der Waals surface area contributed by atoms with E-state index in [0.29, 0.717) is 5.69 Å². The number of carbonyl (C=O) groups is 1. The van der Waals surface area contributed by atoms with Crippen molar-refractivity contribution in [3.05, 3.63) is 91.9 Å². The minimum Gasteiger partial charge on any atom is -0.384 e. The second kappa shape index (κ2) is 8.77. The number of aromatic nitrogens is 2. The number of nitrogens with two attached hydrogens (primary N) is 1. The Morgan fingerprint density at radius 1 is 1.10 bits per heavy atom. The largest absolute Gasteiger partial charge is 0.384 e. The zero-order valence-corrected chi connectivity index (χ0v) is 16.8. The van der Waals surface area contributed by atoms with Crippen LogP contribution in [0.1, 0.15) is 28.4 Å². The van der Waals surface area contributed by atoms with E-state index in [-0.39, 0.29) is 31.0 Å². The number of halogens is 1. The van der Waals surface area contributed by atoms with Gasteiger partial charge in [0.15, 0.2) is 5.78 Å². The van der Waals surface area contributed by atoms with Gasteiger partial charge in [-0.3, -0.25) is 18.7 Å². The fourth-order valence-corrected chi connectivity index (χ4v) is 3.22. The maximum Gasteiger partial charge on any atom is 0.332 e. The van der Waals surface area contributed by atoms with Gasteiger partial charge in [-0.05, 0) is 37.1 Å². The summed E-state index contributed by atoms with van der Waals surface area (Å²) in [5.74, 6) is -1.20. The zero-order chi connectivity index (χ0) is 21.8. The van der Waals surface area contributed by atoms with E-state index < -0.39 is 22.8 Å². The summed E-state index contributed by atoms with van der Waals surface area (Å²) in [4.78, 5) is 38.4. The zero-order valence-electron chi connectivity index (χ0n) is 16.8. The summed E-state index contributed by atoms with van der Waals surface area (Å²) in [6.45, 7) is 3.38. The molecule has 0 bridgehead atoms. The number of benzene rings is 2. The Kier molecular flexibility index (Phi) is 6.15. The van der Waals surface area contributed by atoms with Crippen molar-refractivity contribution in [2.45, 2.75) is 26.9 Å². The predicted octanol–water partition coefficient (Wildman–Crippen LogP) is 2.40. The molecule has 0 radical (unpaired) electrons. The molecule has 1 aromatic heterocycles. The van der Waals surface area contributed by atoms with Gasteiger partial charge in [-0.15, -0.1) is 0 Å². The van der Waals surface area contributed by atoms with Gasteiger partial charge in [-0.1, -0.05) is 36.4 Å². The first kappa shape index (κ1) is 21.0. The molecule has 0 saturated carbocycles. The molecule has 0 amide bonds. The van der Waals surface area contributed by atoms with Crippen LogP contribution in [0.2, 0.25) is 0 Å². The van der Waals surface area contributed by atoms with Gasteiger partial charge in [-0.25, -0.2) is 9.18 Å². The lowest BCUT2D eigenvalue weighted by atomic mass is 10.1. The molecular weight excluding hydrogens is 387 g/mol. The average molecular weight is 410 g/mol. The van der Waals surface area contributed by atoms with E-state index >= 15 is 0 Å². The van der Waals surface area contributed by atoms with Crippen LogP contribution in [-0.4, -0.2) is 21.5 Å². The summed E-state index contributed by atoms with van der Waals surface area (Å²) in [6.07, 6.45) is 0. The third-order valence-electron chi connectivity index (χ3n) is 4.89. The Balaban J connectivity index is 2.00. The van der Waals surface area contributed by atoms with Crippen LogP contribution in [0.3, 0.4) is 0 Å². The molecule has 0 fully saturated rings. The maximum atomic E-state index is 13.5. The molecule has 7 nitrogen and oxygen atoms in total. The monoisotopic (exact) mass is 410 g/mol.